The van der Waals surface area contributed by atoms with Gasteiger partial charge < -0.3 is 15.3 Å². The highest BCUT2D eigenvalue weighted by Gasteiger charge is 2.67. The van der Waals surface area contributed by atoms with Crippen molar-refractivity contribution in [3.63, 3.8) is 0 Å². The first kappa shape index (κ1) is 18.3. The maximum absolute atomic E-state index is 11.3. The fourth-order valence-electron chi connectivity index (χ4n) is 8.35. The molecular weight excluding hydrogens is 312 g/mol. The summed E-state index contributed by atoms with van der Waals surface area (Å²) in [7, 11) is 0. The highest BCUT2D eigenvalue weighted by atomic mass is 16.3. The molecule has 4 rings (SSSR count). The van der Waals surface area contributed by atoms with Crippen molar-refractivity contribution in [2.45, 2.75) is 103 Å². The summed E-state index contributed by atoms with van der Waals surface area (Å²) in [6.07, 6.45) is 8.78. The molecule has 144 valence electrons. The molecule has 4 fully saturated rings. The molecule has 4 saturated carbocycles. The third-order valence-electron chi connectivity index (χ3n) is 10.3. The van der Waals surface area contributed by atoms with Crippen LogP contribution < -0.4 is 0 Å². The number of aliphatic hydroxyl groups is 3. The van der Waals surface area contributed by atoms with Crippen molar-refractivity contribution in [3.8, 4) is 0 Å². The van der Waals surface area contributed by atoms with E-state index in [4.69, 9.17) is 0 Å². The van der Waals surface area contributed by atoms with Crippen LogP contribution in [0.2, 0.25) is 0 Å². The predicted octanol–water partition coefficient (Wildman–Crippen LogP) is 3.89. The standard InChI is InChI=1S/C22H38O3/c1-14(23)22(25)12-8-18-16-6-9-19(2)13-15(24)5-10-20(19,3)17(16)7-11-21(18,22)4/h14-18,23-25H,5-13H2,1-4H3/t14-,15+,16+,17+,18+,19-,20+,21+,22+/m0/s1. The summed E-state index contributed by atoms with van der Waals surface area (Å²) < 4.78 is 0. The van der Waals surface area contributed by atoms with Crippen molar-refractivity contribution >= 4 is 0 Å². The molecule has 0 aromatic carbocycles. The minimum absolute atomic E-state index is 0.115. The zero-order valence-corrected chi connectivity index (χ0v) is 16.6. The van der Waals surface area contributed by atoms with Gasteiger partial charge in [0.25, 0.3) is 0 Å². The van der Waals surface area contributed by atoms with Crippen LogP contribution in [0.1, 0.15) is 85.5 Å². The van der Waals surface area contributed by atoms with Crippen LogP contribution in [0.5, 0.6) is 0 Å². The SMILES string of the molecule is C[C@H](O)[C@]1(O)CC[C@@H]2[C@@H]3CC[C@@]4(C)C[C@H](O)CC[C@]4(C)[C@@H]3CC[C@]21C. The molecular formula is C22H38O3. The molecule has 25 heavy (non-hydrogen) atoms. The second-order valence-electron chi connectivity index (χ2n) is 10.9. The van der Waals surface area contributed by atoms with Crippen molar-refractivity contribution in [1.82, 2.24) is 0 Å². The lowest BCUT2D eigenvalue weighted by Gasteiger charge is -2.65. The Morgan fingerprint density at radius 2 is 1.44 bits per heavy atom. The van der Waals surface area contributed by atoms with E-state index in [1.165, 1.54) is 19.3 Å². The lowest BCUT2D eigenvalue weighted by atomic mass is 9.40. The van der Waals surface area contributed by atoms with E-state index in [2.05, 4.69) is 20.8 Å². The summed E-state index contributed by atoms with van der Waals surface area (Å²) >= 11 is 0. The van der Waals surface area contributed by atoms with Crippen molar-refractivity contribution in [2.24, 2.45) is 34.0 Å². The molecule has 3 nitrogen and oxygen atoms in total. The second kappa shape index (κ2) is 5.45. The van der Waals surface area contributed by atoms with Gasteiger partial charge in [0, 0.05) is 5.41 Å². The minimum Gasteiger partial charge on any atom is -0.393 e. The average Bonchev–Trinajstić information content (AvgIpc) is 2.82. The van der Waals surface area contributed by atoms with Crippen LogP contribution in [0.4, 0.5) is 0 Å². The van der Waals surface area contributed by atoms with E-state index >= 15 is 0 Å². The normalized spacial score (nSPS) is 59.6. The Bertz CT molecular complexity index is 547. The first-order valence-electron chi connectivity index (χ1n) is 10.7. The van der Waals surface area contributed by atoms with E-state index in [-0.39, 0.29) is 16.9 Å². The molecule has 0 radical (unpaired) electrons. The zero-order chi connectivity index (χ0) is 18.3. The summed E-state index contributed by atoms with van der Waals surface area (Å²) in [5.74, 6) is 1.94. The van der Waals surface area contributed by atoms with Crippen LogP contribution in [-0.2, 0) is 0 Å². The van der Waals surface area contributed by atoms with Crippen LogP contribution >= 0.6 is 0 Å². The van der Waals surface area contributed by atoms with Gasteiger partial charge in [-0.1, -0.05) is 20.8 Å². The van der Waals surface area contributed by atoms with Gasteiger partial charge in [-0.15, -0.1) is 0 Å². The number of hydrogen-bond donors (Lipinski definition) is 3. The topological polar surface area (TPSA) is 60.7 Å². The Morgan fingerprint density at radius 1 is 0.840 bits per heavy atom. The monoisotopic (exact) mass is 350 g/mol. The molecule has 3 heteroatoms. The Labute approximate surface area is 153 Å². The van der Waals surface area contributed by atoms with Gasteiger partial charge in [-0.05, 0) is 93.3 Å². The third kappa shape index (κ3) is 2.15. The molecule has 0 unspecified atom stereocenters. The maximum atomic E-state index is 11.3. The smallest absolute Gasteiger partial charge is 0.0958 e. The van der Waals surface area contributed by atoms with E-state index in [0.717, 1.165) is 38.5 Å². The molecule has 0 saturated heterocycles. The van der Waals surface area contributed by atoms with Crippen LogP contribution in [0.3, 0.4) is 0 Å². The van der Waals surface area contributed by atoms with E-state index in [0.29, 0.717) is 23.2 Å². The molecule has 4 aliphatic carbocycles. The van der Waals surface area contributed by atoms with E-state index in [1.54, 1.807) is 6.92 Å². The number of aliphatic hydroxyl groups excluding tert-OH is 2. The van der Waals surface area contributed by atoms with Crippen LogP contribution in [0.25, 0.3) is 0 Å². The van der Waals surface area contributed by atoms with E-state index in [1.807, 2.05) is 0 Å². The molecule has 0 aliphatic heterocycles. The van der Waals surface area contributed by atoms with Crippen molar-refractivity contribution in [1.29, 1.82) is 0 Å². The highest BCUT2D eigenvalue weighted by molar-refractivity contribution is 5.16. The molecule has 0 aromatic heterocycles. The van der Waals surface area contributed by atoms with Gasteiger partial charge in [-0.2, -0.15) is 0 Å². The highest BCUT2D eigenvalue weighted by Crippen LogP contribution is 2.71. The first-order valence-corrected chi connectivity index (χ1v) is 10.7. The molecule has 0 amide bonds. The Balaban J connectivity index is 1.67. The Kier molecular flexibility index (Phi) is 3.98. The molecule has 0 aromatic rings. The second-order valence-corrected chi connectivity index (χ2v) is 10.9. The molecule has 9 atom stereocenters. The van der Waals surface area contributed by atoms with Gasteiger partial charge in [0.05, 0.1) is 17.8 Å². The van der Waals surface area contributed by atoms with Crippen molar-refractivity contribution in [2.75, 3.05) is 0 Å². The lowest BCUT2D eigenvalue weighted by molar-refractivity contribution is -0.203. The summed E-state index contributed by atoms with van der Waals surface area (Å²) in [5.41, 5.74) is -0.464. The molecule has 4 aliphatic rings. The maximum Gasteiger partial charge on any atom is 0.0958 e. The van der Waals surface area contributed by atoms with Gasteiger partial charge in [-0.25, -0.2) is 0 Å². The van der Waals surface area contributed by atoms with E-state index < -0.39 is 11.7 Å². The summed E-state index contributed by atoms with van der Waals surface area (Å²) in [5, 5.41) is 31.9. The predicted molar refractivity (Wildman–Crippen MR) is 99.0 cm³/mol. The van der Waals surface area contributed by atoms with Gasteiger partial charge >= 0.3 is 0 Å². The Hall–Kier alpha value is -0.120. The Morgan fingerprint density at radius 3 is 2.12 bits per heavy atom. The van der Waals surface area contributed by atoms with Gasteiger partial charge in [-0.3, -0.25) is 0 Å². The van der Waals surface area contributed by atoms with Gasteiger partial charge in [0.2, 0.25) is 0 Å². The lowest BCUT2D eigenvalue weighted by Crippen LogP contribution is -2.61. The first-order chi connectivity index (χ1) is 11.6. The largest absolute Gasteiger partial charge is 0.393 e. The molecule has 0 bridgehead atoms. The number of rotatable bonds is 1. The van der Waals surface area contributed by atoms with Gasteiger partial charge in [0.15, 0.2) is 0 Å². The van der Waals surface area contributed by atoms with Gasteiger partial charge in [0.1, 0.15) is 0 Å². The summed E-state index contributed by atoms with van der Waals surface area (Å²) in [6.45, 7) is 8.98. The fourth-order valence-corrected chi connectivity index (χ4v) is 8.35. The van der Waals surface area contributed by atoms with Crippen molar-refractivity contribution in [3.05, 3.63) is 0 Å². The number of hydrogen-bond acceptors (Lipinski definition) is 3. The van der Waals surface area contributed by atoms with E-state index in [9.17, 15) is 15.3 Å². The minimum atomic E-state index is -0.910. The van der Waals surface area contributed by atoms with Crippen LogP contribution in [0, 0.1) is 34.0 Å². The third-order valence-corrected chi connectivity index (χ3v) is 10.3. The molecule has 3 N–H and O–H groups in total. The molecule has 0 heterocycles. The average molecular weight is 351 g/mol. The fraction of sp³-hybridized carbons (Fsp3) is 1.00. The molecule has 0 spiro atoms. The van der Waals surface area contributed by atoms with Crippen molar-refractivity contribution < 1.29 is 15.3 Å². The van der Waals surface area contributed by atoms with Crippen LogP contribution in [-0.4, -0.2) is 33.1 Å². The summed E-state index contributed by atoms with van der Waals surface area (Å²) in [4.78, 5) is 0. The summed E-state index contributed by atoms with van der Waals surface area (Å²) in [6, 6.07) is 0. The zero-order valence-electron chi connectivity index (χ0n) is 16.6. The van der Waals surface area contributed by atoms with Crippen LogP contribution in [0.15, 0.2) is 0 Å². The number of fused-ring (bicyclic) bond motifs is 5. The quantitative estimate of drug-likeness (QED) is 0.672.